The molecular weight excluding hydrogens is 472 g/mol. The SMILES string of the molecule is COC(=O)C1CCC(NC(=O)c2cc(-c3ccc(C(=N)N)cc3)nnc2N2CCOCC2)CC1.Cl. The molecule has 188 valence electrons. The zero-order valence-corrected chi connectivity index (χ0v) is 20.5. The van der Waals surface area contributed by atoms with Crippen LogP contribution in [-0.2, 0) is 14.3 Å². The summed E-state index contributed by atoms with van der Waals surface area (Å²) in [5.41, 5.74) is 7.96. The Balaban J connectivity index is 0.00000342. The number of methoxy groups -OCH3 is 1. The summed E-state index contributed by atoms with van der Waals surface area (Å²) in [6.45, 7) is 2.39. The fraction of sp³-hybridized carbons (Fsp3) is 0.458. The molecule has 2 aliphatic rings. The van der Waals surface area contributed by atoms with Gasteiger partial charge in [0.1, 0.15) is 5.84 Å². The number of aromatic nitrogens is 2. The Labute approximate surface area is 210 Å². The van der Waals surface area contributed by atoms with Gasteiger partial charge in [-0.2, -0.15) is 0 Å². The van der Waals surface area contributed by atoms with Gasteiger partial charge in [-0.25, -0.2) is 0 Å². The molecule has 0 atom stereocenters. The smallest absolute Gasteiger partial charge is 0.308 e. The predicted molar refractivity (Wildman–Crippen MR) is 134 cm³/mol. The lowest BCUT2D eigenvalue weighted by Crippen LogP contribution is -2.41. The summed E-state index contributed by atoms with van der Waals surface area (Å²) in [6.07, 6.45) is 2.82. The molecule has 4 rings (SSSR count). The number of hydrogen-bond donors (Lipinski definition) is 3. The molecule has 35 heavy (non-hydrogen) atoms. The first kappa shape index (κ1) is 26.4. The maximum absolute atomic E-state index is 13.4. The molecule has 0 radical (unpaired) electrons. The Morgan fingerprint density at radius 3 is 2.37 bits per heavy atom. The number of hydrogen-bond acceptors (Lipinski definition) is 8. The van der Waals surface area contributed by atoms with E-state index in [0.717, 1.165) is 18.4 Å². The lowest BCUT2D eigenvalue weighted by Gasteiger charge is -2.30. The number of carbonyl (C=O) groups is 2. The van der Waals surface area contributed by atoms with Crippen molar-refractivity contribution in [1.29, 1.82) is 5.41 Å². The number of nitrogens with two attached hydrogens (primary N) is 1. The predicted octanol–water partition coefficient (Wildman–Crippen LogP) is 2.15. The number of halogens is 1. The third kappa shape index (κ3) is 6.26. The molecule has 1 saturated carbocycles. The number of amides is 1. The molecule has 2 aromatic rings. The van der Waals surface area contributed by atoms with Gasteiger partial charge in [-0.05, 0) is 31.7 Å². The molecule has 1 amide bonds. The highest BCUT2D eigenvalue weighted by Gasteiger charge is 2.29. The van der Waals surface area contributed by atoms with Crippen molar-refractivity contribution in [3.63, 3.8) is 0 Å². The van der Waals surface area contributed by atoms with E-state index in [0.29, 0.717) is 61.8 Å². The Kier molecular flexibility index (Phi) is 9.00. The van der Waals surface area contributed by atoms with Gasteiger partial charge < -0.3 is 25.4 Å². The van der Waals surface area contributed by atoms with Crippen LogP contribution in [0.15, 0.2) is 30.3 Å². The second-order valence-corrected chi connectivity index (χ2v) is 8.60. The molecule has 1 saturated heterocycles. The Hall–Kier alpha value is -3.24. The Morgan fingerprint density at radius 1 is 1.11 bits per heavy atom. The molecule has 10 nitrogen and oxygen atoms in total. The van der Waals surface area contributed by atoms with E-state index in [1.807, 2.05) is 17.0 Å². The third-order valence-corrected chi connectivity index (χ3v) is 6.42. The fourth-order valence-electron chi connectivity index (χ4n) is 4.43. The molecule has 0 bridgehead atoms. The van der Waals surface area contributed by atoms with Crippen molar-refractivity contribution < 1.29 is 19.1 Å². The van der Waals surface area contributed by atoms with Crippen LogP contribution < -0.4 is 16.0 Å². The Bertz CT molecular complexity index is 1050. The highest BCUT2D eigenvalue weighted by Crippen LogP contribution is 2.28. The molecule has 1 aromatic carbocycles. The topological polar surface area (TPSA) is 144 Å². The number of amidine groups is 1. The second kappa shape index (κ2) is 11.9. The van der Waals surface area contributed by atoms with Crippen molar-refractivity contribution in [2.45, 2.75) is 31.7 Å². The van der Waals surface area contributed by atoms with E-state index in [2.05, 4.69) is 15.5 Å². The van der Waals surface area contributed by atoms with Crippen LogP contribution in [0.4, 0.5) is 5.82 Å². The molecule has 1 aliphatic heterocycles. The minimum absolute atomic E-state index is 0. The third-order valence-electron chi connectivity index (χ3n) is 6.42. The van der Waals surface area contributed by atoms with Gasteiger partial charge in [-0.3, -0.25) is 15.0 Å². The molecule has 2 fully saturated rings. The summed E-state index contributed by atoms with van der Waals surface area (Å²) in [5.74, 6) is 0.0299. The number of nitrogens with one attached hydrogen (secondary N) is 2. The summed E-state index contributed by atoms with van der Waals surface area (Å²) in [7, 11) is 1.41. The van der Waals surface area contributed by atoms with E-state index in [4.69, 9.17) is 20.6 Å². The van der Waals surface area contributed by atoms with Gasteiger partial charge in [0.2, 0.25) is 0 Å². The lowest BCUT2D eigenvalue weighted by molar-refractivity contribution is -0.146. The summed E-state index contributed by atoms with van der Waals surface area (Å²) >= 11 is 0. The quantitative estimate of drug-likeness (QED) is 0.309. The van der Waals surface area contributed by atoms with Gasteiger partial charge in [0, 0.05) is 30.3 Å². The molecule has 0 unspecified atom stereocenters. The van der Waals surface area contributed by atoms with E-state index in [1.165, 1.54) is 7.11 Å². The Morgan fingerprint density at radius 2 is 1.77 bits per heavy atom. The molecule has 1 aromatic heterocycles. The van der Waals surface area contributed by atoms with Crippen molar-refractivity contribution in [2.24, 2.45) is 11.7 Å². The number of benzene rings is 1. The summed E-state index contributed by atoms with van der Waals surface area (Å²) in [5, 5.41) is 19.5. The van der Waals surface area contributed by atoms with Gasteiger partial charge in [0.25, 0.3) is 5.91 Å². The van der Waals surface area contributed by atoms with E-state index in [-0.39, 0.29) is 42.1 Å². The van der Waals surface area contributed by atoms with E-state index in [9.17, 15) is 9.59 Å². The second-order valence-electron chi connectivity index (χ2n) is 8.60. The molecule has 4 N–H and O–H groups in total. The number of ether oxygens (including phenoxy) is 2. The lowest BCUT2D eigenvalue weighted by atomic mass is 9.86. The van der Waals surface area contributed by atoms with Crippen LogP contribution in [0.1, 0.15) is 41.6 Å². The number of anilines is 1. The van der Waals surface area contributed by atoms with Crippen LogP contribution >= 0.6 is 12.4 Å². The van der Waals surface area contributed by atoms with E-state index in [1.54, 1.807) is 18.2 Å². The number of carbonyl (C=O) groups excluding carboxylic acids is 2. The first-order valence-electron chi connectivity index (χ1n) is 11.5. The van der Waals surface area contributed by atoms with Crippen LogP contribution in [0.2, 0.25) is 0 Å². The number of rotatable bonds is 6. The normalized spacial score (nSPS) is 19.9. The van der Waals surface area contributed by atoms with E-state index < -0.39 is 0 Å². The monoisotopic (exact) mass is 502 g/mol. The number of morpholine rings is 1. The first-order chi connectivity index (χ1) is 16.5. The maximum Gasteiger partial charge on any atom is 0.308 e. The van der Waals surface area contributed by atoms with Gasteiger partial charge in [-0.1, -0.05) is 24.3 Å². The standard InChI is InChI=1S/C24H30N6O4.ClH/c1-33-24(32)17-6-8-18(9-7-17)27-23(31)19-14-20(15-2-4-16(5-3-15)21(25)26)28-29-22(19)30-10-12-34-13-11-30;/h2-5,14,17-18H,6-13H2,1H3,(H3,25,26)(H,27,31);1H. The van der Waals surface area contributed by atoms with Crippen LogP contribution in [-0.4, -0.2) is 67.4 Å². The maximum atomic E-state index is 13.4. The minimum atomic E-state index is -0.209. The fourth-order valence-corrected chi connectivity index (χ4v) is 4.43. The zero-order valence-electron chi connectivity index (χ0n) is 19.7. The zero-order chi connectivity index (χ0) is 24.1. The van der Waals surface area contributed by atoms with Gasteiger partial charge in [0.05, 0.1) is 37.5 Å². The molecular formula is C24H31ClN6O4. The van der Waals surface area contributed by atoms with Crippen LogP contribution in [0.3, 0.4) is 0 Å². The van der Waals surface area contributed by atoms with Crippen molar-refractivity contribution >= 4 is 35.9 Å². The highest BCUT2D eigenvalue weighted by molar-refractivity contribution is 6.00. The van der Waals surface area contributed by atoms with Crippen molar-refractivity contribution in [3.05, 3.63) is 41.5 Å². The number of esters is 1. The van der Waals surface area contributed by atoms with E-state index >= 15 is 0 Å². The van der Waals surface area contributed by atoms with Gasteiger partial charge in [0.15, 0.2) is 5.82 Å². The van der Waals surface area contributed by atoms with Crippen LogP contribution in [0.5, 0.6) is 0 Å². The number of nitrogen functional groups attached to an aromatic ring is 1. The average Bonchev–Trinajstić information content (AvgIpc) is 2.89. The van der Waals surface area contributed by atoms with Crippen molar-refractivity contribution in [1.82, 2.24) is 15.5 Å². The van der Waals surface area contributed by atoms with Gasteiger partial charge in [-0.15, -0.1) is 22.6 Å². The van der Waals surface area contributed by atoms with Gasteiger partial charge >= 0.3 is 5.97 Å². The van der Waals surface area contributed by atoms with Crippen LogP contribution in [0, 0.1) is 11.3 Å². The summed E-state index contributed by atoms with van der Waals surface area (Å²) in [4.78, 5) is 27.2. The first-order valence-corrected chi connectivity index (χ1v) is 11.5. The number of nitrogens with zero attached hydrogens (tertiary/aromatic N) is 3. The van der Waals surface area contributed by atoms with Crippen molar-refractivity contribution in [3.8, 4) is 11.3 Å². The van der Waals surface area contributed by atoms with Crippen LogP contribution in [0.25, 0.3) is 11.3 Å². The van der Waals surface area contributed by atoms with Crippen molar-refractivity contribution in [2.75, 3.05) is 38.3 Å². The summed E-state index contributed by atoms with van der Waals surface area (Å²) in [6, 6.07) is 8.85. The molecule has 11 heteroatoms. The minimum Gasteiger partial charge on any atom is -0.469 e. The largest absolute Gasteiger partial charge is 0.469 e. The molecule has 0 spiro atoms. The molecule has 1 aliphatic carbocycles. The summed E-state index contributed by atoms with van der Waals surface area (Å²) < 4.78 is 10.3. The highest BCUT2D eigenvalue weighted by atomic mass is 35.5. The molecule has 2 heterocycles. The average molecular weight is 503 g/mol.